The smallest absolute Gasteiger partial charge is 0.0623 e. The molecule has 2 nitrogen and oxygen atoms in total. The molecule has 20 heavy (non-hydrogen) atoms. The van der Waals surface area contributed by atoms with Gasteiger partial charge < -0.3 is 10.1 Å². The minimum Gasteiger partial charge on any atom is -0.379 e. The van der Waals surface area contributed by atoms with E-state index in [2.05, 4.69) is 59.4 Å². The van der Waals surface area contributed by atoms with Crippen LogP contribution in [0.15, 0.2) is 28.7 Å². The van der Waals surface area contributed by atoms with E-state index < -0.39 is 0 Å². The number of nitrogens with one attached hydrogen (secondary N) is 1. The maximum atomic E-state index is 5.55. The molecule has 1 aliphatic rings. The average molecular weight is 340 g/mol. The second-order valence-electron chi connectivity index (χ2n) is 6.43. The molecule has 3 heteroatoms. The fourth-order valence-electron chi connectivity index (χ4n) is 2.34. The first kappa shape index (κ1) is 16.0. The molecule has 112 valence electrons. The Labute approximate surface area is 131 Å². The molecule has 1 atom stereocenters. The van der Waals surface area contributed by atoms with Crippen molar-refractivity contribution in [3.63, 3.8) is 0 Å². The van der Waals surface area contributed by atoms with E-state index in [-0.39, 0.29) is 5.60 Å². The normalized spacial score (nSPS) is 17.2. The van der Waals surface area contributed by atoms with E-state index in [0.717, 1.165) is 29.9 Å². The zero-order chi connectivity index (χ0) is 14.6. The molecule has 0 amide bonds. The van der Waals surface area contributed by atoms with Crippen LogP contribution in [0.4, 0.5) is 0 Å². The molecule has 0 aromatic heterocycles. The summed E-state index contributed by atoms with van der Waals surface area (Å²) in [4.78, 5) is 0. The molecular weight excluding hydrogens is 314 g/mol. The van der Waals surface area contributed by atoms with Gasteiger partial charge in [-0.1, -0.05) is 28.1 Å². The van der Waals surface area contributed by atoms with Crippen molar-refractivity contribution in [3.05, 3.63) is 34.3 Å². The molecule has 1 aromatic rings. The van der Waals surface area contributed by atoms with E-state index >= 15 is 0 Å². The number of halogens is 1. The number of hydrogen-bond acceptors (Lipinski definition) is 2. The third-order valence-corrected chi connectivity index (χ3v) is 4.75. The van der Waals surface area contributed by atoms with Gasteiger partial charge in [-0.3, -0.25) is 0 Å². The third kappa shape index (κ3) is 5.19. The van der Waals surface area contributed by atoms with Crippen molar-refractivity contribution in [1.82, 2.24) is 5.32 Å². The van der Waals surface area contributed by atoms with Gasteiger partial charge in [-0.15, -0.1) is 0 Å². The lowest BCUT2D eigenvalue weighted by molar-refractivity contribution is 0.0124. The summed E-state index contributed by atoms with van der Waals surface area (Å²) >= 11 is 3.51. The molecule has 1 saturated carbocycles. The molecule has 0 bridgehead atoms. The van der Waals surface area contributed by atoms with Crippen molar-refractivity contribution < 1.29 is 4.74 Å². The summed E-state index contributed by atoms with van der Waals surface area (Å²) in [6.45, 7) is 5.41. The number of methoxy groups -OCH3 is 1. The van der Waals surface area contributed by atoms with E-state index in [0.29, 0.717) is 5.92 Å². The van der Waals surface area contributed by atoms with Crippen molar-refractivity contribution >= 4 is 15.9 Å². The van der Waals surface area contributed by atoms with Gasteiger partial charge in [0.2, 0.25) is 0 Å². The Hall–Kier alpha value is -0.380. The van der Waals surface area contributed by atoms with E-state index in [9.17, 15) is 0 Å². The molecule has 1 aromatic carbocycles. The maximum absolute atomic E-state index is 5.55. The lowest BCUT2D eigenvalue weighted by Gasteiger charge is -2.26. The van der Waals surface area contributed by atoms with Crippen molar-refractivity contribution in [2.24, 2.45) is 0 Å². The average Bonchev–Trinajstić information content (AvgIpc) is 3.24. The zero-order valence-electron chi connectivity index (χ0n) is 12.8. The molecule has 0 heterocycles. The zero-order valence-corrected chi connectivity index (χ0v) is 14.4. The van der Waals surface area contributed by atoms with Gasteiger partial charge in [0, 0.05) is 24.2 Å². The van der Waals surface area contributed by atoms with Crippen molar-refractivity contribution in [3.8, 4) is 0 Å². The molecule has 1 fully saturated rings. The highest BCUT2D eigenvalue weighted by Crippen LogP contribution is 2.28. The minimum atomic E-state index is -0.0345. The van der Waals surface area contributed by atoms with Crippen LogP contribution in [0.25, 0.3) is 0 Å². The maximum Gasteiger partial charge on any atom is 0.0623 e. The SMILES string of the molecule is COC(C)(C)CCC(CNC1CC1)c1ccc(Br)cc1. The van der Waals surface area contributed by atoms with Crippen LogP contribution in [0.5, 0.6) is 0 Å². The predicted molar refractivity (Wildman–Crippen MR) is 88.2 cm³/mol. The van der Waals surface area contributed by atoms with Crippen molar-refractivity contribution in [2.45, 2.75) is 57.1 Å². The molecule has 0 spiro atoms. The quantitative estimate of drug-likeness (QED) is 0.753. The summed E-state index contributed by atoms with van der Waals surface area (Å²) in [5, 5.41) is 3.67. The number of benzene rings is 1. The Morgan fingerprint density at radius 1 is 1.30 bits per heavy atom. The summed E-state index contributed by atoms with van der Waals surface area (Å²) in [5.41, 5.74) is 1.39. The van der Waals surface area contributed by atoms with Crippen LogP contribution >= 0.6 is 15.9 Å². The molecule has 1 unspecified atom stereocenters. The van der Waals surface area contributed by atoms with E-state index in [1.54, 1.807) is 7.11 Å². The summed E-state index contributed by atoms with van der Waals surface area (Å²) in [5.74, 6) is 0.568. The Morgan fingerprint density at radius 2 is 1.95 bits per heavy atom. The molecule has 0 radical (unpaired) electrons. The first-order chi connectivity index (χ1) is 9.50. The first-order valence-corrected chi connectivity index (χ1v) is 8.33. The summed E-state index contributed by atoms with van der Waals surface area (Å²) in [6.07, 6.45) is 4.92. The van der Waals surface area contributed by atoms with Crippen LogP contribution in [0, 0.1) is 0 Å². The summed E-state index contributed by atoms with van der Waals surface area (Å²) in [6, 6.07) is 9.53. The molecule has 0 aliphatic heterocycles. The second kappa shape index (κ2) is 7.06. The van der Waals surface area contributed by atoms with Crippen molar-refractivity contribution in [1.29, 1.82) is 0 Å². The Kier molecular flexibility index (Phi) is 5.65. The Morgan fingerprint density at radius 3 is 2.50 bits per heavy atom. The number of hydrogen-bond donors (Lipinski definition) is 1. The van der Waals surface area contributed by atoms with Gasteiger partial charge in [0.05, 0.1) is 5.60 Å². The van der Waals surface area contributed by atoms with Gasteiger partial charge in [-0.05, 0) is 63.1 Å². The van der Waals surface area contributed by atoms with Crippen molar-refractivity contribution in [2.75, 3.05) is 13.7 Å². The summed E-state index contributed by atoms with van der Waals surface area (Å²) < 4.78 is 6.70. The number of rotatable bonds is 8. The van der Waals surface area contributed by atoms with Crippen LogP contribution in [0.2, 0.25) is 0 Å². The summed E-state index contributed by atoms with van der Waals surface area (Å²) in [7, 11) is 1.80. The topological polar surface area (TPSA) is 21.3 Å². The van der Waals surface area contributed by atoms with Gasteiger partial charge in [-0.2, -0.15) is 0 Å². The largest absolute Gasteiger partial charge is 0.379 e. The lowest BCUT2D eigenvalue weighted by Crippen LogP contribution is -2.27. The van der Waals surface area contributed by atoms with E-state index in [1.165, 1.54) is 18.4 Å². The highest BCUT2D eigenvalue weighted by molar-refractivity contribution is 9.10. The van der Waals surface area contributed by atoms with E-state index in [1.807, 2.05) is 0 Å². The fourth-order valence-corrected chi connectivity index (χ4v) is 2.61. The predicted octanol–water partition coefficient (Wildman–Crippen LogP) is 4.49. The monoisotopic (exact) mass is 339 g/mol. The highest BCUT2D eigenvalue weighted by atomic mass is 79.9. The second-order valence-corrected chi connectivity index (χ2v) is 7.35. The number of ether oxygens (including phenoxy) is 1. The van der Waals surface area contributed by atoms with E-state index in [4.69, 9.17) is 4.74 Å². The van der Waals surface area contributed by atoms with Gasteiger partial charge in [0.25, 0.3) is 0 Å². The van der Waals surface area contributed by atoms with Gasteiger partial charge in [0.15, 0.2) is 0 Å². The van der Waals surface area contributed by atoms with Gasteiger partial charge in [-0.25, -0.2) is 0 Å². The highest BCUT2D eigenvalue weighted by Gasteiger charge is 2.24. The standard InChI is InChI=1S/C17H26BrNO/c1-17(2,20-3)11-10-14(12-19-16-8-9-16)13-4-6-15(18)7-5-13/h4-7,14,16,19H,8-12H2,1-3H3. The van der Waals surface area contributed by atoms with Gasteiger partial charge in [0.1, 0.15) is 0 Å². The van der Waals surface area contributed by atoms with Crippen LogP contribution in [0.1, 0.15) is 51.0 Å². The van der Waals surface area contributed by atoms with Crippen LogP contribution in [-0.2, 0) is 4.74 Å². The Balaban J connectivity index is 1.97. The Bertz CT molecular complexity index is 412. The minimum absolute atomic E-state index is 0.0345. The van der Waals surface area contributed by atoms with Crippen LogP contribution in [-0.4, -0.2) is 25.3 Å². The van der Waals surface area contributed by atoms with Crippen LogP contribution < -0.4 is 5.32 Å². The molecule has 1 N–H and O–H groups in total. The molecular formula is C17H26BrNO. The molecule has 2 rings (SSSR count). The fraction of sp³-hybridized carbons (Fsp3) is 0.647. The van der Waals surface area contributed by atoms with Crippen LogP contribution in [0.3, 0.4) is 0 Å². The first-order valence-electron chi connectivity index (χ1n) is 7.54. The lowest BCUT2D eigenvalue weighted by atomic mass is 9.89. The molecule has 0 saturated heterocycles. The van der Waals surface area contributed by atoms with Gasteiger partial charge >= 0.3 is 0 Å². The molecule has 1 aliphatic carbocycles. The third-order valence-electron chi connectivity index (χ3n) is 4.22.